The van der Waals surface area contributed by atoms with E-state index in [9.17, 15) is 4.79 Å². The Hall–Kier alpha value is -2.13. The minimum atomic E-state index is -0.299. The lowest BCUT2D eigenvalue weighted by molar-refractivity contribution is -0.119. The fraction of sp³-hybridized carbons (Fsp3) is 0.278. The van der Waals surface area contributed by atoms with Crippen molar-refractivity contribution in [1.82, 2.24) is 0 Å². The molecule has 2 rings (SSSR count). The molecule has 0 radical (unpaired) electrons. The molecule has 0 saturated heterocycles. The molecule has 3 nitrogen and oxygen atoms in total. The predicted molar refractivity (Wildman–Crippen MR) is 87.4 cm³/mol. The van der Waals surface area contributed by atoms with Crippen molar-refractivity contribution in [2.45, 2.75) is 19.8 Å². The number of rotatable bonds is 5. The molecule has 0 aliphatic carbocycles. The van der Waals surface area contributed by atoms with Crippen molar-refractivity contribution in [2.24, 2.45) is 5.73 Å². The lowest BCUT2D eigenvalue weighted by Crippen LogP contribution is -2.38. The number of nitrogens with two attached hydrogens (primary N) is 1. The van der Waals surface area contributed by atoms with Gasteiger partial charge >= 0.3 is 0 Å². The van der Waals surface area contributed by atoms with Crippen LogP contribution in [0.15, 0.2) is 54.6 Å². The molecule has 1 unspecified atom stereocenters. The molecule has 0 aliphatic heterocycles. The van der Waals surface area contributed by atoms with E-state index < -0.39 is 0 Å². The summed E-state index contributed by atoms with van der Waals surface area (Å²) in [5.74, 6) is -0.248. The van der Waals surface area contributed by atoms with Gasteiger partial charge in [0.1, 0.15) is 0 Å². The van der Waals surface area contributed by atoms with Gasteiger partial charge in [-0.3, -0.25) is 4.79 Å². The molecule has 2 N–H and O–H groups in total. The van der Waals surface area contributed by atoms with Gasteiger partial charge in [-0.15, -0.1) is 0 Å². The van der Waals surface area contributed by atoms with Gasteiger partial charge in [0.2, 0.25) is 5.91 Å². The number of benzene rings is 2. The summed E-state index contributed by atoms with van der Waals surface area (Å²) in [7, 11) is 0. The summed E-state index contributed by atoms with van der Waals surface area (Å²) in [6.45, 7) is 4.96. The van der Waals surface area contributed by atoms with Crippen LogP contribution in [0, 0.1) is 6.92 Å². The van der Waals surface area contributed by atoms with Gasteiger partial charge in [0.05, 0.1) is 5.92 Å². The third-order valence-corrected chi connectivity index (χ3v) is 3.66. The average molecular weight is 282 g/mol. The minimum absolute atomic E-state index is 0.0510. The molecule has 110 valence electrons. The SMILES string of the molecule is CCN(C(=O)C(CN)c1ccccc1)c1ccc(C)cc1. The highest BCUT2D eigenvalue weighted by molar-refractivity contribution is 5.98. The fourth-order valence-electron chi connectivity index (χ4n) is 2.44. The van der Waals surface area contributed by atoms with Crippen LogP contribution in [0.1, 0.15) is 24.0 Å². The van der Waals surface area contributed by atoms with Crippen LogP contribution in [-0.2, 0) is 4.79 Å². The van der Waals surface area contributed by atoms with E-state index in [2.05, 4.69) is 0 Å². The van der Waals surface area contributed by atoms with E-state index in [1.807, 2.05) is 68.4 Å². The van der Waals surface area contributed by atoms with Crippen LogP contribution in [0.4, 0.5) is 5.69 Å². The van der Waals surface area contributed by atoms with Crippen LogP contribution in [0.2, 0.25) is 0 Å². The monoisotopic (exact) mass is 282 g/mol. The van der Waals surface area contributed by atoms with Crippen LogP contribution >= 0.6 is 0 Å². The number of carbonyl (C=O) groups excluding carboxylic acids is 1. The molecule has 1 amide bonds. The average Bonchev–Trinajstić information content (AvgIpc) is 2.52. The first-order chi connectivity index (χ1) is 10.2. The Bertz CT molecular complexity index is 578. The highest BCUT2D eigenvalue weighted by atomic mass is 16.2. The number of amides is 1. The molecule has 3 heteroatoms. The van der Waals surface area contributed by atoms with Gasteiger partial charge in [0.15, 0.2) is 0 Å². The maximum Gasteiger partial charge on any atom is 0.235 e. The molecule has 0 aromatic heterocycles. The van der Waals surface area contributed by atoms with E-state index in [-0.39, 0.29) is 11.8 Å². The Labute approximate surface area is 126 Å². The molecule has 21 heavy (non-hydrogen) atoms. The molecule has 2 aromatic carbocycles. The third kappa shape index (κ3) is 3.50. The first-order valence-corrected chi connectivity index (χ1v) is 7.30. The Morgan fingerprint density at radius 1 is 1.10 bits per heavy atom. The van der Waals surface area contributed by atoms with Gasteiger partial charge in [-0.1, -0.05) is 48.0 Å². The van der Waals surface area contributed by atoms with Crippen molar-refractivity contribution in [3.63, 3.8) is 0 Å². The molecule has 0 bridgehead atoms. The summed E-state index contributed by atoms with van der Waals surface area (Å²) in [6.07, 6.45) is 0. The Kier molecular flexibility index (Phi) is 5.12. The smallest absolute Gasteiger partial charge is 0.235 e. The standard InChI is InChI=1S/C18H22N2O/c1-3-20(16-11-9-14(2)10-12-16)18(21)17(13-19)15-7-5-4-6-8-15/h4-12,17H,3,13,19H2,1-2H3. The molecule has 0 heterocycles. The van der Waals surface area contributed by atoms with E-state index in [1.165, 1.54) is 5.56 Å². The number of anilines is 1. The molecule has 2 aromatic rings. The molecule has 1 atom stereocenters. The first kappa shape index (κ1) is 15.3. The zero-order valence-corrected chi connectivity index (χ0v) is 12.6. The topological polar surface area (TPSA) is 46.3 Å². The van der Waals surface area contributed by atoms with Gasteiger partial charge in [0, 0.05) is 18.8 Å². The Morgan fingerprint density at radius 2 is 1.71 bits per heavy atom. The Balaban J connectivity index is 2.28. The second kappa shape index (κ2) is 7.04. The van der Waals surface area contributed by atoms with E-state index in [1.54, 1.807) is 4.90 Å². The highest BCUT2D eigenvalue weighted by Crippen LogP contribution is 2.22. The first-order valence-electron chi connectivity index (χ1n) is 7.30. The largest absolute Gasteiger partial charge is 0.329 e. The van der Waals surface area contributed by atoms with Gasteiger partial charge in [-0.2, -0.15) is 0 Å². The molecular formula is C18H22N2O. The van der Waals surface area contributed by atoms with Crippen LogP contribution in [-0.4, -0.2) is 19.0 Å². The zero-order valence-electron chi connectivity index (χ0n) is 12.6. The van der Waals surface area contributed by atoms with E-state index in [0.29, 0.717) is 13.1 Å². The maximum atomic E-state index is 12.8. The number of hydrogen-bond acceptors (Lipinski definition) is 2. The molecule has 0 spiro atoms. The molecule has 0 fully saturated rings. The van der Waals surface area contributed by atoms with Crippen molar-refractivity contribution in [3.05, 3.63) is 65.7 Å². The van der Waals surface area contributed by atoms with Gasteiger partial charge in [0.25, 0.3) is 0 Å². The fourth-order valence-corrected chi connectivity index (χ4v) is 2.44. The van der Waals surface area contributed by atoms with Crippen molar-refractivity contribution < 1.29 is 4.79 Å². The van der Waals surface area contributed by atoms with Crippen LogP contribution in [0.25, 0.3) is 0 Å². The normalized spacial score (nSPS) is 12.0. The maximum absolute atomic E-state index is 12.8. The van der Waals surface area contributed by atoms with Crippen LogP contribution < -0.4 is 10.6 Å². The van der Waals surface area contributed by atoms with Gasteiger partial charge < -0.3 is 10.6 Å². The van der Waals surface area contributed by atoms with Crippen LogP contribution in [0.5, 0.6) is 0 Å². The predicted octanol–water partition coefficient (Wildman–Crippen LogP) is 3.09. The number of hydrogen-bond donors (Lipinski definition) is 1. The summed E-state index contributed by atoms with van der Waals surface area (Å²) < 4.78 is 0. The second-order valence-corrected chi connectivity index (χ2v) is 5.12. The van der Waals surface area contributed by atoms with E-state index >= 15 is 0 Å². The summed E-state index contributed by atoms with van der Waals surface area (Å²) >= 11 is 0. The molecule has 0 aliphatic rings. The number of aryl methyl sites for hydroxylation is 1. The number of nitrogens with zero attached hydrogens (tertiary/aromatic N) is 1. The number of likely N-dealkylation sites (N-methyl/N-ethyl adjacent to an activating group) is 1. The summed E-state index contributed by atoms with van der Waals surface area (Å²) in [4.78, 5) is 14.6. The van der Waals surface area contributed by atoms with Crippen molar-refractivity contribution in [1.29, 1.82) is 0 Å². The molecule has 0 saturated carbocycles. The van der Waals surface area contributed by atoms with E-state index in [0.717, 1.165) is 11.3 Å². The molecular weight excluding hydrogens is 260 g/mol. The minimum Gasteiger partial charge on any atom is -0.329 e. The summed E-state index contributed by atoms with van der Waals surface area (Å²) in [5, 5.41) is 0. The lowest BCUT2D eigenvalue weighted by atomic mass is 9.97. The van der Waals surface area contributed by atoms with E-state index in [4.69, 9.17) is 5.73 Å². The Morgan fingerprint density at radius 3 is 2.24 bits per heavy atom. The van der Waals surface area contributed by atoms with Gasteiger partial charge in [-0.25, -0.2) is 0 Å². The summed E-state index contributed by atoms with van der Waals surface area (Å²) in [5.41, 5.74) is 8.92. The lowest BCUT2D eigenvalue weighted by Gasteiger charge is -2.26. The van der Waals surface area contributed by atoms with Gasteiger partial charge in [-0.05, 0) is 31.5 Å². The highest BCUT2D eigenvalue weighted by Gasteiger charge is 2.24. The quantitative estimate of drug-likeness (QED) is 0.916. The second-order valence-electron chi connectivity index (χ2n) is 5.12. The van der Waals surface area contributed by atoms with Crippen molar-refractivity contribution in [3.8, 4) is 0 Å². The third-order valence-electron chi connectivity index (χ3n) is 3.66. The number of carbonyl (C=O) groups is 1. The van der Waals surface area contributed by atoms with Crippen molar-refractivity contribution >= 4 is 11.6 Å². The summed E-state index contributed by atoms with van der Waals surface area (Å²) in [6, 6.07) is 17.7. The zero-order chi connectivity index (χ0) is 15.2. The van der Waals surface area contributed by atoms with Crippen molar-refractivity contribution in [2.75, 3.05) is 18.0 Å². The van der Waals surface area contributed by atoms with Crippen LogP contribution in [0.3, 0.4) is 0 Å².